The molecule has 0 saturated carbocycles. The van der Waals surface area contributed by atoms with Crippen molar-refractivity contribution in [2.75, 3.05) is 0 Å². The average Bonchev–Trinajstić information content (AvgIpc) is 2.21. The fraction of sp³-hybridized carbons (Fsp3) is 0.417. The molecule has 15 heavy (non-hydrogen) atoms. The number of hydrogen-bond donors (Lipinski definition) is 0. The molecule has 0 amide bonds. The molecule has 0 aromatic heterocycles. The molecule has 1 aromatic rings. The van der Waals surface area contributed by atoms with E-state index in [0.29, 0.717) is 5.02 Å². The third kappa shape index (κ3) is 2.82. The van der Waals surface area contributed by atoms with Crippen LogP contribution in [0.2, 0.25) is 5.02 Å². The smallest absolute Gasteiger partial charge is 0.176 e. The molecule has 1 atom stereocenters. The van der Waals surface area contributed by atoms with Crippen LogP contribution in [0.3, 0.4) is 0 Å². The van der Waals surface area contributed by atoms with Crippen LogP contribution in [-0.2, 0) is 0 Å². The van der Waals surface area contributed by atoms with Crippen molar-refractivity contribution < 1.29 is 4.79 Å². The van der Waals surface area contributed by atoms with E-state index in [9.17, 15) is 4.79 Å². The zero-order chi connectivity index (χ0) is 11.6. The van der Waals surface area contributed by atoms with E-state index in [-0.39, 0.29) is 10.6 Å². The molecule has 0 heterocycles. The number of ketones is 1. The number of rotatable bonds is 3. The number of carbonyl (C=O) groups excluding carboxylic acids is 1. The highest BCUT2D eigenvalue weighted by Crippen LogP contribution is 2.23. The summed E-state index contributed by atoms with van der Waals surface area (Å²) < 4.78 is 0. The first-order chi connectivity index (χ1) is 6.97. The normalized spacial score (nSPS) is 12.6. The molecule has 0 fully saturated rings. The minimum absolute atomic E-state index is 0.100. The fourth-order valence-corrected chi connectivity index (χ4v) is 1.87. The van der Waals surface area contributed by atoms with E-state index >= 15 is 0 Å². The van der Waals surface area contributed by atoms with Crippen LogP contribution in [0, 0.1) is 13.8 Å². The van der Waals surface area contributed by atoms with Gasteiger partial charge in [0, 0.05) is 10.6 Å². The topological polar surface area (TPSA) is 17.1 Å². The largest absolute Gasteiger partial charge is 0.293 e. The van der Waals surface area contributed by atoms with Gasteiger partial charge in [-0.1, -0.05) is 34.5 Å². The molecule has 0 aliphatic carbocycles. The molecular weight excluding hydrogens is 275 g/mol. The lowest BCUT2D eigenvalue weighted by atomic mass is 9.99. The third-order valence-electron chi connectivity index (χ3n) is 2.41. The first-order valence-electron chi connectivity index (χ1n) is 4.92. The summed E-state index contributed by atoms with van der Waals surface area (Å²) >= 11 is 9.35. The summed E-state index contributed by atoms with van der Waals surface area (Å²) in [5, 5.41) is 0.715. The Morgan fingerprint density at radius 3 is 2.53 bits per heavy atom. The quantitative estimate of drug-likeness (QED) is 0.598. The highest BCUT2D eigenvalue weighted by atomic mass is 79.9. The molecule has 0 radical (unpaired) electrons. The Hall–Kier alpha value is -0.340. The molecule has 3 heteroatoms. The van der Waals surface area contributed by atoms with Crippen LogP contribution in [0.25, 0.3) is 0 Å². The Balaban J connectivity index is 3.15. The van der Waals surface area contributed by atoms with Crippen LogP contribution in [0.5, 0.6) is 0 Å². The second kappa shape index (κ2) is 5.13. The number of carbonyl (C=O) groups is 1. The molecule has 0 saturated heterocycles. The van der Waals surface area contributed by atoms with E-state index in [1.54, 1.807) is 0 Å². The minimum Gasteiger partial charge on any atom is -0.293 e. The lowest BCUT2D eigenvalue weighted by Gasteiger charge is -2.10. The maximum atomic E-state index is 12.0. The average molecular weight is 290 g/mol. The number of hydrogen-bond acceptors (Lipinski definition) is 1. The van der Waals surface area contributed by atoms with Gasteiger partial charge in [-0.15, -0.1) is 0 Å². The molecule has 0 aliphatic rings. The first kappa shape index (κ1) is 12.7. The van der Waals surface area contributed by atoms with E-state index in [0.717, 1.165) is 23.1 Å². The van der Waals surface area contributed by atoms with Gasteiger partial charge in [-0.3, -0.25) is 4.79 Å². The van der Waals surface area contributed by atoms with Crippen LogP contribution < -0.4 is 0 Å². The summed E-state index contributed by atoms with van der Waals surface area (Å²) in [4.78, 5) is 11.9. The van der Waals surface area contributed by atoms with Crippen LogP contribution >= 0.6 is 27.5 Å². The van der Waals surface area contributed by atoms with Gasteiger partial charge in [-0.2, -0.15) is 0 Å². The molecule has 1 unspecified atom stereocenters. The van der Waals surface area contributed by atoms with Gasteiger partial charge in [-0.05, 0) is 43.5 Å². The lowest BCUT2D eigenvalue weighted by molar-refractivity contribution is 0.0989. The maximum absolute atomic E-state index is 12.0. The Morgan fingerprint density at radius 1 is 1.40 bits per heavy atom. The Bertz CT molecular complexity index is 387. The standard InChI is InChI=1S/C12H14BrClO/c1-4-10(13)12(15)9-5-8(3)11(14)6-7(9)2/h5-6,10H,4H2,1-3H3. The van der Waals surface area contributed by atoms with Gasteiger partial charge in [0.1, 0.15) is 0 Å². The molecule has 0 spiro atoms. The van der Waals surface area contributed by atoms with E-state index < -0.39 is 0 Å². The third-order valence-corrected chi connectivity index (χ3v) is 3.88. The van der Waals surface area contributed by atoms with E-state index in [4.69, 9.17) is 11.6 Å². The summed E-state index contributed by atoms with van der Waals surface area (Å²) in [5.41, 5.74) is 2.65. The molecule has 0 bridgehead atoms. The summed E-state index contributed by atoms with van der Waals surface area (Å²) in [6, 6.07) is 3.71. The summed E-state index contributed by atoms with van der Waals surface area (Å²) in [7, 11) is 0. The van der Waals surface area contributed by atoms with Gasteiger partial charge in [-0.25, -0.2) is 0 Å². The molecule has 1 aromatic carbocycles. The van der Waals surface area contributed by atoms with Gasteiger partial charge in [0.15, 0.2) is 5.78 Å². The summed E-state index contributed by atoms with van der Waals surface area (Å²) in [6.07, 6.45) is 0.792. The predicted molar refractivity (Wildman–Crippen MR) is 68.3 cm³/mol. The zero-order valence-corrected chi connectivity index (χ0v) is 11.4. The van der Waals surface area contributed by atoms with Crippen LogP contribution in [0.15, 0.2) is 12.1 Å². The molecule has 0 aliphatic heterocycles. The van der Waals surface area contributed by atoms with E-state index in [1.165, 1.54) is 0 Å². The van der Waals surface area contributed by atoms with Gasteiger partial charge in [0.05, 0.1) is 4.83 Å². The van der Waals surface area contributed by atoms with Crippen LogP contribution in [0.1, 0.15) is 34.8 Å². The van der Waals surface area contributed by atoms with Crippen molar-refractivity contribution in [3.05, 3.63) is 33.8 Å². The first-order valence-corrected chi connectivity index (χ1v) is 6.21. The van der Waals surface area contributed by atoms with Gasteiger partial charge < -0.3 is 0 Å². The summed E-state index contributed by atoms with van der Waals surface area (Å²) in [6.45, 7) is 5.80. The van der Waals surface area contributed by atoms with Crippen molar-refractivity contribution in [1.82, 2.24) is 0 Å². The number of alkyl halides is 1. The molecular formula is C12H14BrClO. The summed E-state index contributed by atoms with van der Waals surface area (Å²) in [5.74, 6) is 0.134. The molecule has 0 N–H and O–H groups in total. The predicted octanol–water partition coefficient (Wildman–Crippen LogP) is 4.31. The molecule has 1 rings (SSSR count). The highest BCUT2D eigenvalue weighted by molar-refractivity contribution is 9.10. The van der Waals surface area contributed by atoms with Crippen molar-refractivity contribution >= 4 is 33.3 Å². The van der Waals surface area contributed by atoms with Crippen LogP contribution in [-0.4, -0.2) is 10.6 Å². The fourth-order valence-electron chi connectivity index (χ4n) is 1.40. The van der Waals surface area contributed by atoms with Gasteiger partial charge >= 0.3 is 0 Å². The zero-order valence-electron chi connectivity index (χ0n) is 9.10. The van der Waals surface area contributed by atoms with Crippen molar-refractivity contribution in [2.24, 2.45) is 0 Å². The van der Waals surface area contributed by atoms with Crippen molar-refractivity contribution in [1.29, 1.82) is 0 Å². The Kier molecular flexibility index (Phi) is 4.35. The number of halogens is 2. The number of aryl methyl sites for hydroxylation is 2. The lowest BCUT2D eigenvalue weighted by Crippen LogP contribution is -2.14. The second-order valence-electron chi connectivity index (χ2n) is 3.66. The second-order valence-corrected chi connectivity index (χ2v) is 5.17. The number of Topliss-reactive ketones (excluding diaryl/α,β-unsaturated/α-hetero) is 1. The highest BCUT2D eigenvalue weighted by Gasteiger charge is 2.17. The van der Waals surface area contributed by atoms with Crippen molar-refractivity contribution in [3.63, 3.8) is 0 Å². The molecule has 82 valence electrons. The number of benzene rings is 1. The monoisotopic (exact) mass is 288 g/mol. The maximum Gasteiger partial charge on any atom is 0.176 e. The van der Waals surface area contributed by atoms with Gasteiger partial charge in [0.2, 0.25) is 0 Å². The molecule has 1 nitrogen and oxygen atoms in total. The Morgan fingerprint density at radius 2 is 2.00 bits per heavy atom. The van der Waals surface area contributed by atoms with Crippen molar-refractivity contribution in [2.45, 2.75) is 32.0 Å². The minimum atomic E-state index is -0.100. The Labute approximate surface area is 104 Å². The van der Waals surface area contributed by atoms with E-state index in [2.05, 4.69) is 15.9 Å². The van der Waals surface area contributed by atoms with Crippen LogP contribution in [0.4, 0.5) is 0 Å². The van der Waals surface area contributed by atoms with E-state index in [1.807, 2.05) is 32.9 Å². The van der Waals surface area contributed by atoms with Crippen molar-refractivity contribution in [3.8, 4) is 0 Å². The SMILES string of the molecule is CCC(Br)C(=O)c1cc(C)c(Cl)cc1C. The van der Waals surface area contributed by atoms with Gasteiger partial charge in [0.25, 0.3) is 0 Å².